The quantitative estimate of drug-likeness (QED) is 0.846. The third kappa shape index (κ3) is 2.89. The highest BCUT2D eigenvalue weighted by Crippen LogP contribution is 2.15. The van der Waals surface area contributed by atoms with E-state index in [4.69, 9.17) is 0 Å². The molecule has 0 bridgehead atoms. The van der Waals surface area contributed by atoms with Gasteiger partial charge in [-0.2, -0.15) is 5.10 Å². The smallest absolute Gasteiger partial charge is 0.141 e. The summed E-state index contributed by atoms with van der Waals surface area (Å²) in [5.41, 5.74) is 3.25. The number of ketones is 1. The summed E-state index contributed by atoms with van der Waals surface area (Å²) >= 11 is 0. The lowest BCUT2D eigenvalue weighted by Gasteiger charge is -2.03. The minimum absolute atomic E-state index is 0.00398. The Labute approximate surface area is 112 Å². The first kappa shape index (κ1) is 13.5. The highest BCUT2D eigenvalue weighted by molar-refractivity contribution is 5.83. The third-order valence-corrected chi connectivity index (χ3v) is 3.38. The molecule has 0 atom stereocenters. The Morgan fingerprint density at radius 3 is 2.53 bits per heavy atom. The lowest BCUT2D eigenvalue weighted by Crippen LogP contribution is -2.09. The van der Waals surface area contributed by atoms with Gasteiger partial charge >= 0.3 is 0 Å². The lowest BCUT2D eigenvalue weighted by atomic mass is 10.0. The molecule has 0 unspecified atom stereocenters. The number of hydrogen-bond donors (Lipinski definition) is 0. The van der Waals surface area contributed by atoms with Crippen molar-refractivity contribution in [3.8, 4) is 0 Å². The van der Waals surface area contributed by atoms with Crippen LogP contribution in [0.15, 0.2) is 24.3 Å². The van der Waals surface area contributed by atoms with E-state index in [0.29, 0.717) is 12.0 Å². The van der Waals surface area contributed by atoms with Gasteiger partial charge in [-0.05, 0) is 25.5 Å². The van der Waals surface area contributed by atoms with E-state index in [1.54, 1.807) is 22.9 Å². The molecule has 0 spiro atoms. The predicted octanol–water partition coefficient (Wildman–Crippen LogP) is 2.53. The van der Waals surface area contributed by atoms with E-state index < -0.39 is 0 Å². The molecule has 0 saturated heterocycles. The number of rotatable bonds is 4. The van der Waals surface area contributed by atoms with Crippen LogP contribution in [0.2, 0.25) is 0 Å². The molecule has 0 N–H and O–H groups in total. The van der Waals surface area contributed by atoms with Crippen molar-refractivity contribution < 1.29 is 9.18 Å². The Morgan fingerprint density at radius 1 is 1.26 bits per heavy atom. The average molecular weight is 260 g/mol. The molecule has 1 heterocycles. The molecule has 4 heteroatoms. The number of carbonyl (C=O) groups is 1. The molecule has 0 saturated carbocycles. The molecule has 19 heavy (non-hydrogen) atoms. The molecule has 0 aliphatic heterocycles. The van der Waals surface area contributed by atoms with Crippen LogP contribution in [0.4, 0.5) is 4.39 Å². The monoisotopic (exact) mass is 260 g/mol. The molecule has 0 fully saturated rings. The van der Waals surface area contributed by atoms with Crippen LogP contribution in [-0.4, -0.2) is 15.6 Å². The van der Waals surface area contributed by atoms with Gasteiger partial charge in [0.25, 0.3) is 0 Å². The zero-order valence-electron chi connectivity index (χ0n) is 11.4. The van der Waals surface area contributed by atoms with Crippen LogP contribution in [-0.2, 0) is 24.7 Å². The summed E-state index contributed by atoms with van der Waals surface area (Å²) in [4.78, 5) is 12.0. The fourth-order valence-corrected chi connectivity index (χ4v) is 2.19. The van der Waals surface area contributed by atoms with Gasteiger partial charge in [0, 0.05) is 31.1 Å². The molecule has 0 aliphatic carbocycles. The molecular weight excluding hydrogens is 243 g/mol. The number of carbonyl (C=O) groups excluding carboxylic acids is 1. The molecule has 2 aromatic rings. The Bertz CT molecular complexity index is 617. The van der Waals surface area contributed by atoms with E-state index in [1.165, 1.54) is 6.07 Å². The molecule has 0 radical (unpaired) electrons. The van der Waals surface area contributed by atoms with Crippen LogP contribution in [0.5, 0.6) is 0 Å². The summed E-state index contributed by atoms with van der Waals surface area (Å²) in [5, 5.41) is 4.28. The van der Waals surface area contributed by atoms with Gasteiger partial charge in [0.2, 0.25) is 0 Å². The second-order valence-electron chi connectivity index (χ2n) is 4.76. The molecule has 1 aromatic heterocycles. The largest absolute Gasteiger partial charge is 0.299 e. The molecule has 0 amide bonds. The summed E-state index contributed by atoms with van der Waals surface area (Å²) in [6.45, 7) is 3.82. The van der Waals surface area contributed by atoms with Gasteiger partial charge in [-0.15, -0.1) is 0 Å². The summed E-state index contributed by atoms with van der Waals surface area (Å²) in [7, 11) is 1.85. The highest BCUT2D eigenvalue weighted by atomic mass is 19.1. The van der Waals surface area contributed by atoms with Crippen molar-refractivity contribution in [1.82, 2.24) is 9.78 Å². The van der Waals surface area contributed by atoms with Gasteiger partial charge in [0.1, 0.15) is 11.6 Å². The van der Waals surface area contributed by atoms with Gasteiger partial charge in [0.15, 0.2) is 0 Å². The van der Waals surface area contributed by atoms with Crippen molar-refractivity contribution in [2.45, 2.75) is 26.7 Å². The molecule has 0 aliphatic rings. The zero-order valence-corrected chi connectivity index (χ0v) is 11.4. The second-order valence-corrected chi connectivity index (χ2v) is 4.76. The minimum Gasteiger partial charge on any atom is -0.299 e. The summed E-state index contributed by atoms with van der Waals surface area (Å²) < 4.78 is 15.2. The van der Waals surface area contributed by atoms with Crippen molar-refractivity contribution in [1.29, 1.82) is 0 Å². The SMILES string of the molecule is Cc1nn(C)c(C)c1CC(=O)Cc1ccccc1F. The summed E-state index contributed by atoms with van der Waals surface area (Å²) in [5.74, 6) is -0.320. The van der Waals surface area contributed by atoms with Gasteiger partial charge in [0.05, 0.1) is 5.69 Å². The van der Waals surface area contributed by atoms with Crippen molar-refractivity contribution in [3.05, 3.63) is 52.6 Å². The second kappa shape index (κ2) is 5.34. The van der Waals surface area contributed by atoms with Crippen molar-refractivity contribution in [2.24, 2.45) is 7.05 Å². The van der Waals surface area contributed by atoms with Crippen molar-refractivity contribution >= 4 is 5.78 Å². The first-order chi connectivity index (χ1) is 8.99. The maximum Gasteiger partial charge on any atom is 0.141 e. The Kier molecular flexibility index (Phi) is 3.79. The molecule has 1 aromatic carbocycles. The third-order valence-electron chi connectivity index (χ3n) is 3.38. The first-order valence-corrected chi connectivity index (χ1v) is 6.23. The maximum atomic E-state index is 13.5. The molecule has 2 rings (SSSR count). The summed E-state index contributed by atoms with van der Waals surface area (Å²) in [6.07, 6.45) is 0.431. The number of nitrogens with zero attached hydrogens (tertiary/aromatic N) is 2. The van der Waals surface area contributed by atoms with Crippen LogP contribution in [0.1, 0.15) is 22.5 Å². The van der Waals surface area contributed by atoms with Crippen LogP contribution in [0.25, 0.3) is 0 Å². The zero-order chi connectivity index (χ0) is 14.0. The van der Waals surface area contributed by atoms with Gasteiger partial charge in [-0.25, -0.2) is 4.39 Å². The van der Waals surface area contributed by atoms with E-state index in [9.17, 15) is 9.18 Å². The van der Waals surface area contributed by atoms with E-state index in [2.05, 4.69) is 5.10 Å². The number of benzene rings is 1. The van der Waals surface area contributed by atoms with Crippen LogP contribution in [0.3, 0.4) is 0 Å². The minimum atomic E-state index is -0.324. The molecule has 3 nitrogen and oxygen atoms in total. The normalized spacial score (nSPS) is 10.7. The Morgan fingerprint density at radius 2 is 1.95 bits per heavy atom. The van der Waals surface area contributed by atoms with Gasteiger partial charge in [-0.1, -0.05) is 18.2 Å². The topological polar surface area (TPSA) is 34.9 Å². The maximum absolute atomic E-state index is 13.5. The molecule has 100 valence electrons. The lowest BCUT2D eigenvalue weighted by molar-refractivity contribution is -0.117. The van der Waals surface area contributed by atoms with E-state index in [1.807, 2.05) is 20.9 Å². The number of aryl methyl sites for hydroxylation is 2. The average Bonchev–Trinajstić information content (AvgIpc) is 2.59. The first-order valence-electron chi connectivity index (χ1n) is 6.23. The fourth-order valence-electron chi connectivity index (χ4n) is 2.19. The van der Waals surface area contributed by atoms with E-state index >= 15 is 0 Å². The highest BCUT2D eigenvalue weighted by Gasteiger charge is 2.14. The van der Waals surface area contributed by atoms with Crippen molar-refractivity contribution in [2.75, 3.05) is 0 Å². The van der Waals surface area contributed by atoms with Crippen molar-refractivity contribution in [3.63, 3.8) is 0 Å². The van der Waals surface area contributed by atoms with Crippen LogP contribution < -0.4 is 0 Å². The standard InChI is InChI=1S/C15H17FN2O/c1-10-14(11(2)18(3)17-10)9-13(19)8-12-6-4-5-7-15(12)16/h4-7H,8-9H2,1-3H3. The predicted molar refractivity (Wildman–Crippen MR) is 71.5 cm³/mol. The van der Waals surface area contributed by atoms with Gasteiger partial charge < -0.3 is 0 Å². The van der Waals surface area contributed by atoms with Gasteiger partial charge in [-0.3, -0.25) is 9.48 Å². The number of Topliss-reactive ketones (excluding diaryl/α,β-unsaturated/α-hetero) is 1. The Balaban J connectivity index is 2.12. The number of aromatic nitrogens is 2. The Hall–Kier alpha value is -1.97. The van der Waals surface area contributed by atoms with Crippen LogP contribution in [0, 0.1) is 19.7 Å². The van der Waals surface area contributed by atoms with Crippen LogP contribution >= 0.6 is 0 Å². The number of hydrogen-bond acceptors (Lipinski definition) is 2. The van der Waals surface area contributed by atoms with E-state index in [0.717, 1.165) is 17.0 Å². The number of halogens is 1. The summed E-state index contributed by atoms with van der Waals surface area (Å²) in [6, 6.07) is 6.39. The fraction of sp³-hybridized carbons (Fsp3) is 0.333. The van der Waals surface area contributed by atoms with E-state index in [-0.39, 0.29) is 18.0 Å². The molecular formula is C15H17FN2O.